The van der Waals surface area contributed by atoms with Crippen LogP contribution < -0.4 is 0 Å². The van der Waals surface area contributed by atoms with Gasteiger partial charge in [-0.25, -0.2) is 0 Å². The highest BCUT2D eigenvalue weighted by atomic mass is 32.1. The summed E-state index contributed by atoms with van der Waals surface area (Å²) in [4.78, 5) is 0. The lowest BCUT2D eigenvalue weighted by molar-refractivity contribution is 0.668. The first-order chi connectivity index (χ1) is 58.9. The Morgan fingerprint density at radius 1 is 0.158 bits per heavy atom. The minimum absolute atomic E-state index is 0.946. The lowest BCUT2D eigenvalue weighted by Crippen LogP contribution is -1.80. The Balaban J connectivity index is 0.0000000952. The fraction of sp³-hybridized carbons (Fsp3) is 0.0526. The van der Waals surface area contributed by atoms with Gasteiger partial charge in [0.2, 0.25) is 0 Å². The second-order valence-corrected chi connectivity index (χ2v) is 35.3. The molecule has 0 unspecified atom stereocenters. The normalized spacial score (nSPS) is 11.2. The summed E-state index contributed by atoms with van der Waals surface area (Å²) in [7, 11) is 0. The van der Waals surface area contributed by atoms with Crippen LogP contribution in [0.25, 0.3) is 191 Å². The number of para-hydroxylation sites is 2. The number of thiophene rings is 4. The van der Waals surface area contributed by atoms with Crippen LogP contribution in [0.15, 0.2) is 409 Å². The molecule has 0 aliphatic rings. The summed E-state index contributed by atoms with van der Waals surface area (Å²) in [5.74, 6) is 0. The van der Waals surface area contributed by atoms with E-state index in [0.29, 0.717) is 0 Å². The van der Waals surface area contributed by atoms with Crippen LogP contribution in [0.1, 0.15) is 33.4 Å². The van der Waals surface area contributed by atoms with Gasteiger partial charge in [-0.2, -0.15) is 0 Å². The van der Waals surface area contributed by atoms with Crippen molar-refractivity contribution in [1.29, 1.82) is 0 Å². The van der Waals surface area contributed by atoms with Crippen molar-refractivity contribution in [2.45, 2.75) is 41.5 Å². The maximum absolute atomic E-state index is 5.94. The average Bonchev–Trinajstić information content (AvgIpc) is 1.95. The van der Waals surface area contributed by atoms with Gasteiger partial charge >= 0.3 is 0 Å². The van der Waals surface area contributed by atoms with Crippen molar-refractivity contribution in [3.05, 3.63) is 434 Å². The molecule has 6 aromatic heterocycles. The van der Waals surface area contributed by atoms with E-state index in [-0.39, 0.29) is 0 Å². The lowest BCUT2D eigenvalue weighted by atomic mass is 9.99. The third kappa shape index (κ3) is 15.9. The smallest absolute Gasteiger partial charge is 0.136 e. The molecule has 120 heavy (non-hydrogen) atoms. The molecule has 0 fully saturated rings. The van der Waals surface area contributed by atoms with Crippen molar-refractivity contribution in [3.63, 3.8) is 0 Å². The van der Waals surface area contributed by atoms with Crippen molar-refractivity contribution in [2.75, 3.05) is 0 Å². The van der Waals surface area contributed by atoms with Crippen LogP contribution in [0.2, 0.25) is 0 Å². The Kier molecular flexibility index (Phi) is 21.5. The first-order valence-electron chi connectivity index (χ1n) is 40.8. The van der Waals surface area contributed by atoms with Crippen LogP contribution >= 0.6 is 45.3 Å². The summed E-state index contributed by atoms with van der Waals surface area (Å²) >= 11 is 7.50. The predicted octanol–water partition coefficient (Wildman–Crippen LogP) is 35.2. The summed E-state index contributed by atoms with van der Waals surface area (Å²) in [5.41, 5.74) is 26.9. The standard InChI is InChI=1S/2C19H14O.4C19H14S/c1-13-9-11-14(12-10-13)15-6-4-8-18-19(15)16-5-2-3-7-17(16)20-18;1-13-6-8-14(9-7-13)15-10-11-19-17(12-15)16-4-2-3-5-18(16)20-19;1-13-9-11-14(12-10-13)15-6-4-7-17-16-5-2-3-8-18(16)20-19(15)17;1-13-9-11-14(12-10-13)15-6-4-8-18-19(15)16-5-2-3-7-17(16)20-18;1-13-6-8-14(9-7-13)15-10-11-19-17(12-15)16-4-2-3-5-18(16)20-19;1-13-6-8-14(9-7-13)15-10-11-17-16-4-2-3-5-18(16)20-19(17)12-15/h6*2-12H,1H3. The van der Waals surface area contributed by atoms with E-state index in [4.69, 9.17) is 8.83 Å². The molecule has 0 aliphatic carbocycles. The quantitative estimate of drug-likeness (QED) is 0.166. The minimum Gasteiger partial charge on any atom is -0.456 e. The molecule has 0 atom stereocenters. The Bertz CT molecular complexity index is 7460. The van der Waals surface area contributed by atoms with Crippen molar-refractivity contribution in [3.8, 4) is 66.8 Å². The van der Waals surface area contributed by atoms with E-state index in [9.17, 15) is 0 Å². The Morgan fingerprint density at radius 2 is 0.467 bits per heavy atom. The van der Waals surface area contributed by atoms with Gasteiger partial charge in [-0.1, -0.05) is 355 Å². The van der Waals surface area contributed by atoms with E-state index in [2.05, 4.69) is 412 Å². The number of hydrogen-bond acceptors (Lipinski definition) is 6. The maximum Gasteiger partial charge on any atom is 0.136 e. The third-order valence-electron chi connectivity index (χ3n) is 22.6. The summed E-state index contributed by atoms with van der Waals surface area (Å²) in [6.07, 6.45) is 0. The van der Waals surface area contributed by atoms with Gasteiger partial charge in [0.1, 0.15) is 22.3 Å². The second kappa shape index (κ2) is 33.8. The molecule has 24 rings (SSSR count). The number of aryl methyl sites for hydroxylation is 6. The first kappa shape index (κ1) is 76.4. The summed E-state index contributed by atoms with van der Waals surface area (Å²) < 4.78 is 22.7. The van der Waals surface area contributed by atoms with Crippen molar-refractivity contribution < 1.29 is 8.83 Å². The molecule has 6 heterocycles. The van der Waals surface area contributed by atoms with Gasteiger partial charge in [0.15, 0.2) is 0 Å². The molecule has 0 radical (unpaired) electrons. The van der Waals surface area contributed by atoms with E-state index < -0.39 is 0 Å². The second-order valence-electron chi connectivity index (χ2n) is 31.0. The van der Waals surface area contributed by atoms with E-state index in [0.717, 1.165) is 22.3 Å². The number of fused-ring (bicyclic) bond motifs is 18. The van der Waals surface area contributed by atoms with Gasteiger partial charge in [-0.05, 0) is 187 Å². The molecule has 6 heteroatoms. The summed E-state index contributed by atoms with van der Waals surface area (Å²) in [6, 6.07) is 143. The van der Waals surface area contributed by atoms with Gasteiger partial charge in [0.25, 0.3) is 0 Å². The molecule has 24 aromatic rings. The SMILES string of the molecule is Cc1ccc(-c2ccc3c(c2)sc2ccccc23)cc1.Cc1ccc(-c2ccc3oc4ccccc4c3c2)cc1.Cc1ccc(-c2ccc3sc4ccccc4c3c2)cc1.Cc1ccc(-c2cccc3c2sc2ccccc23)cc1.Cc1ccc(-c2cccc3oc4ccccc4c23)cc1.Cc1ccc(-c2cccc3sc4ccccc4c23)cc1. The zero-order valence-corrected chi connectivity index (χ0v) is 70.8. The molecule has 0 saturated carbocycles. The topological polar surface area (TPSA) is 26.3 Å². The monoisotopic (exact) mass is 1610 g/mol. The van der Waals surface area contributed by atoms with Crippen LogP contribution in [0.4, 0.5) is 0 Å². The van der Waals surface area contributed by atoms with E-state index in [1.807, 2.05) is 75.7 Å². The Hall–Kier alpha value is -13.6. The molecule has 0 spiro atoms. The van der Waals surface area contributed by atoms with Crippen molar-refractivity contribution in [2.24, 2.45) is 0 Å². The fourth-order valence-electron chi connectivity index (χ4n) is 16.2. The van der Waals surface area contributed by atoms with Gasteiger partial charge < -0.3 is 8.83 Å². The van der Waals surface area contributed by atoms with Gasteiger partial charge in [-0.15, -0.1) is 45.3 Å². The van der Waals surface area contributed by atoms with E-state index in [1.165, 1.54) is 202 Å². The maximum atomic E-state index is 5.94. The third-order valence-corrected chi connectivity index (χ3v) is 27.2. The molecule has 0 saturated heterocycles. The molecule has 0 bridgehead atoms. The average molecular weight is 1610 g/mol. The minimum atomic E-state index is 0.946. The van der Waals surface area contributed by atoms with Crippen LogP contribution in [0.5, 0.6) is 0 Å². The van der Waals surface area contributed by atoms with Gasteiger partial charge in [-0.3, -0.25) is 0 Å². The number of furan rings is 2. The molecule has 576 valence electrons. The molecule has 0 aliphatic heterocycles. The van der Waals surface area contributed by atoms with Crippen molar-refractivity contribution >= 4 is 170 Å². The first-order valence-corrected chi connectivity index (χ1v) is 44.1. The van der Waals surface area contributed by atoms with E-state index in [1.54, 1.807) is 0 Å². The van der Waals surface area contributed by atoms with Gasteiger partial charge in [0, 0.05) is 102 Å². The highest BCUT2D eigenvalue weighted by Gasteiger charge is 2.16. The van der Waals surface area contributed by atoms with Crippen LogP contribution in [0.3, 0.4) is 0 Å². The summed E-state index contributed by atoms with van der Waals surface area (Å²) in [5, 5.41) is 15.7. The van der Waals surface area contributed by atoms with E-state index >= 15 is 0 Å². The molecule has 18 aromatic carbocycles. The summed E-state index contributed by atoms with van der Waals surface area (Å²) in [6.45, 7) is 12.7. The highest BCUT2D eigenvalue weighted by Crippen LogP contribution is 2.44. The Labute approximate surface area is 715 Å². The largest absolute Gasteiger partial charge is 0.456 e. The molecule has 0 amide bonds. The van der Waals surface area contributed by atoms with Gasteiger partial charge in [0.05, 0.1) is 0 Å². The number of benzene rings is 18. The molecule has 2 nitrogen and oxygen atoms in total. The predicted molar refractivity (Wildman–Crippen MR) is 526 cm³/mol. The zero-order chi connectivity index (χ0) is 81.2. The molecular weight excluding hydrogens is 1530 g/mol. The molecule has 0 N–H and O–H groups in total. The number of rotatable bonds is 6. The fourth-order valence-corrected chi connectivity index (χ4v) is 20.8. The van der Waals surface area contributed by atoms with Crippen molar-refractivity contribution in [1.82, 2.24) is 0 Å². The van der Waals surface area contributed by atoms with Crippen LogP contribution in [-0.4, -0.2) is 0 Å². The lowest BCUT2D eigenvalue weighted by Gasteiger charge is -2.05. The molecular formula is C114H84O2S4. The van der Waals surface area contributed by atoms with Crippen LogP contribution in [-0.2, 0) is 0 Å². The van der Waals surface area contributed by atoms with Crippen LogP contribution in [0, 0.1) is 41.5 Å². The number of hydrogen-bond donors (Lipinski definition) is 0. The highest BCUT2D eigenvalue weighted by molar-refractivity contribution is 7.27. The zero-order valence-electron chi connectivity index (χ0n) is 67.6. The Morgan fingerprint density at radius 3 is 1.02 bits per heavy atom.